The molecular formula is C14H19ClN3O2+. The quantitative estimate of drug-likeness (QED) is 0.704. The molecule has 0 spiro atoms. The van der Waals surface area contributed by atoms with Gasteiger partial charge in [-0.3, -0.25) is 9.59 Å². The fourth-order valence-electron chi connectivity index (χ4n) is 2.26. The summed E-state index contributed by atoms with van der Waals surface area (Å²) in [6.45, 7) is 4.04. The molecule has 5 nitrogen and oxygen atoms in total. The minimum atomic E-state index is -0.0715. The molecule has 1 fully saturated rings. The van der Waals surface area contributed by atoms with Crippen LogP contribution in [-0.4, -0.2) is 38.0 Å². The Kier molecular flexibility index (Phi) is 4.98. The van der Waals surface area contributed by atoms with E-state index in [0.717, 1.165) is 17.0 Å². The number of hydrogen-bond acceptors (Lipinski definition) is 2. The van der Waals surface area contributed by atoms with Crippen molar-refractivity contribution < 1.29 is 14.5 Å². The number of carbonyl (C=O) groups excluding carboxylic acids is 2. The fourth-order valence-corrected chi connectivity index (χ4v) is 2.39. The Morgan fingerprint density at radius 2 is 2.15 bits per heavy atom. The zero-order chi connectivity index (χ0) is 14.5. The average Bonchev–Trinajstić information content (AvgIpc) is 2.39. The van der Waals surface area contributed by atoms with Crippen molar-refractivity contribution in [1.29, 1.82) is 0 Å². The van der Waals surface area contributed by atoms with E-state index in [9.17, 15) is 9.59 Å². The van der Waals surface area contributed by atoms with Gasteiger partial charge in [-0.15, -0.1) is 0 Å². The molecule has 1 heterocycles. The van der Waals surface area contributed by atoms with Crippen molar-refractivity contribution in [2.45, 2.75) is 13.0 Å². The Bertz CT molecular complexity index is 490. The van der Waals surface area contributed by atoms with E-state index in [1.54, 1.807) is 12.1 Å². The lowest BCUT2D eigenvalue weighted by molar-refractivity contribution is -0.885. The van der Waals surface area contributed by atoms with E-state index in [2.05, 4.69) is 10.6 Å². The van der Waals surface area contributed by atoms with Crippen LogP contribution in [-0.2, 0) is 9.59 Å². The highest BCUT2D eigenvalue weighted by atomic mass is 35.5. The molecule has 6 heteroatoms. The number of rotatable bonds is 4. The van der Waals surface area contributed by atoms with Crippen molar-refractivity contribution >= 4 is 23.4 Å². The second kappa shape index (κ2) is 6.72. The first kappa shape index (κ1) is 14.8. The van der Waals surface area contributed by atoms with Gasteiger partial charge in [0.05, 0.1) is 19.1 Å². The molecule has 20 heavy (non-hydrogen) atoms. The van der Waals surface area contributed by atoms with Crippen LogP contribution in [0.1, 0.15) is 18.5 Å². The summed E-state index contributed by atoms with van der Waals surface area (Å²) in [5.74, 6) is -0.0399. The molecule has 0 aliphatic carbocycles. The Labute approximate surface area is 123 Å². The molecule has 108 valence electrons. The third kappa shape index (κ3) is 4.21. The third-order valence-corrected chi connectivity index (χ3v) is 3.62. The number of halogens is 1. The molecule has 1 aromatic carbocycles. The first-order chi connectivity index (χ1) is 9.54. The molecule has 2 atom stereocenters. The standard InChI is InChI=1S/C14H18ClN3O2/c1-10(11-2-4-12(15)5-3-11)17-14(20)9-18-7-6-16-13(19)8-18/h2-5,10H,6-9H2,1H3,(H,16,19)(H,17,20)/p+1/t10-/m0/s1. The average molecular weight is 297 g/mol. The van der Waals surface area contributed by atoms with Crippen molar-refractivity contribution in [2.24, 2.45) is 0 Å². The monoisotopic (exact) mass is 296 g/mol. The van der Waals surface area contributed by atoms with Crippen LogP contribution >= 0.6 is 11.6 Å². The maximum absolute atomic E-state index is 12.0. The molecule has 1 aliphatic rings. The minimum Gasteiger partial charge on any atom is -0.346 e. The SMILES string of the molecule is C[C@H](NC(=O)C[NH+]1CCNC(=O)C1)c1ccc(Cl)cc1. The van der Waals surface area contributed by atoms with Crippen molar-refractivity contribution in [3.05, 3.63) is 34.9 Å². The van der Waals surface area contributed by atoms with Gasteiger partial charge >= 0.3 is 0 Å². The van der Waals surface area contributed by atoms with Gasteiger partial charge in [0.25, 0.3) is 11.8 Å². The molecule has 0 saturated carbocycles. The Hall–Kier alpha value is -1.59. The lowest BCUT2D eigenvalue weighted by Gasteiger charge is -2.23. The van der Waals surface area contributed by atoms with Crippen LogP contribution in [0.2, 0.25) is 5.02 Å². The van der Waals surface area contributed by atoms with Crippen LogP contribution in [0.5, 0.6) is 0 Å². The van der Waals surface area contributed by atoms with E-state index >= 15 is 0 Å². The highest BCUT2D eigenvalue weighted by Crippen LogP contribution is 2.15. The second-order valence-corrected chi connectivity index (χ2v) is 5.48. The molecule has 0 aromatic heterocycles. The molecule has 0 radical (unpaired) electrons. The van der Waals surface area contributed by atoms with Crippen LogP contribution in [0, 0.1) is 0 Å². The summed E-state index contributed by atoms with van der Waals surface area (Å²) in [6.07, 6.45) is 0. The van der Waals surface area contributed by atoms with E-state index in [-0.39, 0.29) is 17.9 Å². The van der Waals surface area contributed by atoms with Crippen LogP contribution in [0.4, 0.5) is 0 Å². The van der Waals surface area contributed by atoms with E-state index in [4.69, 9.17) is 11.6 Å². The molecule has 1 aliphatic heterocycles. The first-order valence-corrected chi connectivity index (χ1v) is 7.07. The fraction of sp³-hybridized carbons (Fsp3) is 0.429. The minimum absolute atomic E-state index is 0.00444. The highest BCUT2D eigenvalue weighted by Gasteiger charge is 2.22. The molecule has 2 amide bonds. The van der Waals surface area contributed by atoms with Gasteiger partial charge in [0, 0.05) is 5.02 Å². The van der Waals surface area contributed by atoms with Gasteiger partial charge in [-0.1, -0.05) is 23.7 Å². The van der Waals surface area contributed by atoms with Gasteiger partial charge < -0.3 is 15.5 Å². The van der Waals surface area contributed by atoms with Crippen LogP contribution in [0.25, 0.3) is 0 Å². The summed E-state index contributed by atoms with van der Waals surface area (Å²) in [5.41, 5.74) is 1.01. The normalized spacial score (nSPS) is 20.1. The highest BCUT2D eigenvalue weighted by molar-refractivity contribution is 6.30. The molecule has 1 aromatic rings. The van der Waals surface area contributed by atoms with E-state index in [1.165, 1.54) is 0 Å². The topological polar surface area (TPSA) is 62.6 Å². The zero-order valence-electron chi connectivity index (χ0n) is 11.4. The predicted octanol–water partition coefficient (Wildman–Crippen LogP) is -0.468. The van der Waals surface area contributed by atoms with E-state index < -0.39 is 0 Å². The summed E-state index contributed by atoms with van der Waals surface area (Å²) in [6, 6.07) is 7.33. The van der Waals surface area contributed by atoms with Crippen LogP contribution < -0.4 is 15.5 Å². The lowest BCUT2D eigenvalue weighted by Crippen LogP contribution is -3.16. The van der Waals surface area contributed by atoms with Gasteiger partial charge in [0.1, 0.15) is 0 Å². The third-order valence-electron chi connectivity index (χ3n) is 3.37. The Morgan fingerprint density at radius 3 is 2.80 bits per heavy atom. The van der Waals surface area contributed by atoms with Crippen LogP contribution in [0.3, 0.4) is 0 Å². The molecule has 0 bridgehead atoms. The largest absolute Gasteiger partial charge is 0.346 e. The number of benzene rings is 1. The van der Waals surface area contributed by atoms with Gasteiger partial charge in [0.2, 0.25) is 0 Å². The summed E-state index contributed by atoms with van der Waals surface area (Å²) in [7, 11) is 0. The number of quaternary nitrogens is 1. The number of amides is 2. The Morgan fingerprint density at radius 1 is 1.45 bits per heavy atom. The van der Waals surface area contributed by atoms with Gasteiger partial charge in [-0.05, 0) is 24.6 Å². The summed E-state index contributed by atoms with van der Waals surface area (Å²) in [5, 5.41) is 6.37. The number of carbonyl (C=O) groups is 2. The molecule has 3 N–H and O–H groups in total. The van der Waals surface area contributed by atoms with Gasteiger partial charge in [-0.2, -0.15) is 0 Å². The smallest absolute Gasteiger partial charge is 0.275 e. The summed E-state index contributed by atoms with van der Waals surface area (Å²) >= 11 is 5.84. The lowest BCUT2D eigenvalue weighted by atomic mass is 10.1. The van der Waals surface area contributed by atoms with E-state index in [0.29, 0.717) is 24.7 Å². The van der Waals surface area contributed by atoms with E-state index in [1.807, 2.05) is 19.1 Å². The Balaban J connectivity index is 1.84. The second-order valence-electron chi connectivity index (χ2n) is 5.04. The molecule has 1 unspecified atom stereocenters. The maximum atomic E-state index is 12.0. The zero-order valence-corrected chi connectivity index (χ0v) is 12.2. The predicted molar refractivity (Wildman–Crippen MR) is 76.6 cm³/mol. The van der Waals surface area contributed by atoms with Crippen molar-refractivity contribution in [3.8, 4) is 0 Å². The van der Waals surface area contributed by atoms with Crippen LogP contribution in [0.15, 0.2) is 24.3 Å². The van der Waals surface area contributed by atoms with Gasteiger partial charge in [-0.25, -0.2) is 0 Å². The molecule has 2 rings (SSSR count). The van der Waals surface area contributed by atoms with Crippen molar-refractivity contribution in [1.82, 2.24) is 10.6 Å². The maximum Gasteiger partial charge on any atom is 0.275 e. The van der Waals surface area contributed by atoms with Crippen molar-refractivity contribution in [3.63, 3.8) is 0 Å². The first-order valence-electron chi connectivity index (χ1n) is 6.69. The van der Waals surface area contributed by atoms with Crippen molar-refractivity contribution in [2.75, 3.05) is 26.2 Å². The number of hydrogen-bond donors (Lipinski definition) is 3. The summed E-state index contributed by atoms with van der Waals surface area (Å²) < 4.78 is 0. The molecule has 1 saturated heterocycles. The molecular weight excluding hydrogens is 278 g/mol. The number of piperazine rings is 1. The van der Waals surface area contributed by atoms with Gasteiger partial charge in [0.15, 0.2) is 13.1 Å². The number of nitrogens with one attached hydrogen (secondary N) is 3. The summed E-state index contributed by atoms with van der Waals surface area (Å²) in [4.78, 5) is 24.2.